The van der Waals surface area contributed by atoms with Crippen molar-refractivity contribution in [1.29, 1.82) is 0 Å². The number of ether oxygens (including phenoxy) is 1. The fourth-order valence-corrected chi connectivity index (χ4v) is 1.53. The van der Waals surface area contributed by atoms with Crippen LogP contribution in [0, 0.1) is 0 Å². The van der Waals surface area contributed by atoms with Gasteiger partial charge in [-0.3, -0.25) is 14.8 Å². The number of nitrogens with zero attached hydrogens (tertiary/aromatic N) is 2. The van der Waals surface area contributed by atoms with Gasteiger partial charge in [-0.25, -0.2) is 0 Å². The van der Waals surface area contributed by atoms with Crippen molar-refractivity contribution in [3.63, 3.8) is 0 Å². The highest BCUT2D eigenvalue weighted by Gasteiger charge is 2.13. The maximum absolute atomic E-state index is 11.7. The molecule has 0 bridgehead atoms. The largest absolute Gasteiger partial charge is 0.383 e. The Morgan fingerprint density at radius 1 is 1.37 bits per heavy atom. The van der Waals surface area contributed by atoms with Crippen LogP contribution in [0.2, 0.25) is 0 Å². The van der Waals surface area contributed by atoms with E-state index < -0.39 is 6.04 Å². The van der Waals surface area contributed by atoms with Crippen molar-refractivity contribution in [3.05, 3.63) is 30.6 Å². The fourth-order valence-electron chi connectivity index (χ4n) is 1.53. The zero-order valence-corrected chi connectivity index (χ0v) is 11.2. The van der Waals surface area contributed by atoms with Gasteiger partial charge < -0.3 is 15.8 Å². The van der Waals surface area contributed by atoms with Gasteiger partial charge in [0.05, 0.1) is 17.6 Å². The van der Waals surface area contributed by atoms with Crippen LogP contribution in [-0.2, 0) is 9.53 Å². The van der Waals surface area contributed by atoms with Crippen molar-refractivity contribution >= 4 is 35.0 Å². The Morgan fingerprint density at radius 3 is 2.74 bits per heavy atom. The minimum Gasteiger partial charge on any atom is -0.383 e. The minimum atomic E-state index is -0.687. The summed E-state index contributed by atoms with van der Waals surface area (Å²) in [7, 11) is 1.50. The lowest BCUT2D eigenvalue weighted by atomic mass is 10.2. The highest BCUT2D eigenvalue weighted by atomic mass is 35.5. The molecule has 1 amide bonds. The second-order valence-electron chi connectivity index (χ2n) is 3.81. The first-order valence-electron chi connectivity index (χ1n) is 5.47. The van der Waals surface area contributed by atoms with Crippen LogP contribution in [-0.4, -0.2) is 35.6 Å². The highest BCUT2D eigenvalue weighted by Crippen LogP contribution is 2.14. The number of carbonyl (C=O) groups is 1. The van der Waals surface area contributed by atoms with Crippen molar-refractivity contribution in [2.24, 2.45) is 5.73 Å². The van der Waals surface area contributed by atoms with Crippen LogP contribution in [0.5, 0.6) is 0 Å². The van der Waals surface area contributed by atoms with E-state index in [4.69, 9.17) is 10.5 Å². The molecule has 102 valence electrons. The summed E-state index contributed by atoms with van der Waals surface area (Å²) in [5.41, 5.74) is 7.75. The quantitative estimate of drug-likeness (QED) is 0.872. The number of amides is 1. The van der Waals surface area contributed by atoms with Crippen molar-refractivity contribution in [1.82, 2.24) is 9.97 Å². The Kier molecular flexibility index (Phi) is 5.62. The van der Waals surface area contributed by atoms with Crippen LogP contribution in [0.4, 0.5) is 5.69 Å². The number of fused-ring (bicyclic) bond motifs is 1. The average molecular weight is 283 g/mol. The highest BCUT2D eigenvalue weighted by molar-refractivity contribution is 5.96. The number of aromatic nitrogens is 2. The molecule has 1 heterocycles. The number of carbonyl (C=O) groups excluding carboxylic acids is 1. The second-order valence-corrected chi connectivity index (χ2v) is 3.81. The number of halogens is 1. The van der Waals surface area contributed by atoms with E-state index >= 15 is 0 Å². The van der Waals surface area contributed by atoms with Crippen molar-refractivity contribution in [3.8, 4) is 0 Å². The number of anilines is 1. The maximum Gasteiger partial charge on any atom is 0.243 e. The SMILES string of the molecule is COCC(N)C(=O)Nc1ccc2nccnc2c1.Cl. The molecule has 0 fully saturated rings. The Bertz CT molecular complexity index is 564. The first kappa shape index (κ1) is 15.3. The molecule has 3 N–H and O–H groups in total. The van der Waals surface area contributed by atoms with Crippen LogP contribution in [0.1, 0.15) is 0 Å². The Balaban J connectivity index is 0.00000180. The van der Waals surface area contributed by atoms with Crippen molar-refractivity contribution in [2.75, 3.05) is 19.0 Å². The molecule has 1 aromatic heterocycles. The van der Waals surface area contributed by atoms with Gasteiger partial charge in [-0.05, 0) is 18.2 Å². The number of nitrogens with one attached hydrogen (secondary N) is 1. The second kappa shape index (κ2) is 6.98. The molecule has 0 radical (unpaired) electrons. The summed E-state index contributed by atoms with van der Waals surface area (Å²) >= 11 is 0. The normalized spacial score (nSPS) is 11.7. The summed E-state index contributed by atoms with van der Waals surface area (Å²) in [6, 6.07) is 4.61. The molecular weight excluding hydrogens is 268 g/mol. The number of hydrogen-bond donors (Lipinski definition) is 2. The molecule has 2 rings (SSSR count). The van der Waals surface area contributed by atoms with Gasteiger partial charge in [0, 0.05) is 25.2 Å². The predicted octanol–water partition coefficient (Wildman–Crippen LogP) is 0.964. The molecule has 2 aromatic rings. The van der Waals surface area contributed by atoms with Crippen LogP contribution < -0.4 is 11.1 Å². The van der Waals surface area contributed by atoms with E-state index in [1.807, 2.05) is 0 Å². The van der Waals surface area contributed by atoms with E-state index in [2.05, 4.69) is 15.3 Å². The molecule has 0 aliphatic rings. The predicted molar refractivity (Wildman–Crippen MR) is 75.3 cm³/mol. The van der Waals surface area contributed by atoms with E-state index in [1.165, 1.54) is 7.11 Å². The third-order valence-corrected chi connectivity index (χ3v) is 2.42. The molecule has 19 heavy (non-hydrogen) atoms. The van der Waals surface area contributed by atoms with Gasteiger partial charge in [0.15, 0.2) is 0 Å². The molecular formula is C12H15ClN4O2. The summed E-state index contributed by atoms with van der Waals surface area (Å²) in [5.74, 6) is -0.292. The summed E-state index contributed by atoms with van der Waals surface area (Å²) in [5, 5.41) is 2.71. The fraction of sp³-hybridized carbons (Fsp3) is 0.250. The van der Waals surface area contributed by atoms with E-state index in [1.54, 1.807) is 30.6 Å². The third kappa shape index (κ3) is 3.85. The van der Waals surface area contributed by atoms with Crippen LogP contribution in [0.15, 0.2) is 30.6 Å². The molecule has 0 saturated heterocycles. The van der Waals surface area contributed by atoms with E-state index in [-0.39, 0.29) is 24.9 Å². The Morgan fingerprint density at radius 2 is 2.05 bits per heavy atom. The number of benzene rings is 1. The molecule has 1 atom stereocenters. The minimum absolute atomic E-state index is 0. The van der Waals surface area contributed by atoms with E-state index in [9.17, 15) is 4.79 Å². The summed E-state index contributed by atoms with van der Waals surface area (Å²) in [4.78, 5) is 20.0. The van der Waals surface area contributed by atoms with Crippen LogP contribution in [0.3, 0.4) is 0 Å². The van der Waals surface area contributed by atoms with Gasteiger partial charge >= 0.3 is 0 Å². The Hall–Kier alpha value is -1.76. The number of nitrogens with two attached hydrogens (primary N) is 1. The molecule has 6 nitrogen and oxygen atoms in total. The third-order valence-electron chi connectivity index (χ3n) is 2.42. The van der Waals surface area contributed by atoms with E-state index in [0.717, 1.165) is 11.0 Å². The molecule has 0 saturated carbocycles. The van der Waals surface area contributed by atoms with Crippen LogP contribution >= 0.6 is 12.4 Å². The van der Waals surface area contributed by atoms with Gasteiger partial charge in [0.2, 0.25) is 5.91 Å². The lowest BCUT2D eigenvalue weighted by molar-refractivity contribution is -0.118. The topological polar surface area (TPSA) is 90.1 Å². The van der Waals surface area contributed by atoms with Gasteiger partial charge in [0.1, 0.15) is 6.04 Å². The first-order chi connectivity index (χ1) is 8.70. The van der Waals surface area contributed by atoms with Crippen LogP contribution in [0.25, 0.3) is 11.0 Å². The monoisotopic (exact) mass is 282 g/mol. The molecule has 0 aliphatic carbocycles. The maximum atomic E-state index is 11.7. The van der Waals surface area contributed by atoms with Gasteiger partial charge in [-0.1, -0.05) is 0 Å². The van der Waals surface area contributed by atoms with E-state index in [0.29, 0.717) is 5.69 Å². The summed E-state index contributed by atoms with van der Waals surface area (Å²) in [6.45, 7) is 0.180. The summed E-state index contributed by atoms with van der Waals surface area (Å²) in [6.07, 6.45) is 3.22. The average Bonchev–Trinajstić information content (AvgIpc) is 2.39. The molecule has 0 spiro atoms. The number of methoxy groups -OCH3 is 1. The lowest BCUT2D eigenvalue weighted by Gasteiger charge is -2.11. The molecule has 1 aromatic carbocycles. The molecule has 1 unspecified atom stereocenters. The standard InChI is InChI=1S/C12H14N4O2.ClH/c1-18-7-9(13)12(17)16-8-2-3-10-11(6-8)15-5-4-14-10;/h2-6,9H,7,13H2,1H3,(H,16,17);1H. The number of hydrogen-bond acceptors (Lipinski definition) is 5. The zero-order valence-electron chi connectivity index (χ0n) is 10.4. The zero-order chi connectivity index (χ0) is 13.0. The lowest BCUT2D eigenvalue weighted by Crippen LogP contribution is -2.39. The smallest absolute Gasteiger partial charge is 0.243 e. The van der Waals surface area contributed by atoms with Gasteiger partial charge in [-0.2, -0.15) is 0 Å². The Labute approximate surface area is 116 Å². The molecule has 7 heteroatoms. The number of rotatable bonds is 4. The van der Waals surface area contributed by atoms with Crippen molar-refractivity contribution < 1.29 is 9.53 Å². The van der Waals surface area contributed by atoms with Gasteiger partial charge in [0.25, 0.3) is 0 Å². The molecule has 0 aliphatic heterocycles. The summed E-state index contributed by atoms with van der Waals surface area (Å²) < 4.78 is 4.82. The van der Waals surface area contributed by atoms with Crippen molar-refractivity contribution in [2.45, 2.75) is 6.04 Å². The first-order valence-corrected chi connectivity index (χ1v) is 5.47. The van der Waals surface area contributed by atoms with Gasteiger partial charge in [-0.15, -0.1) is 12.4 Å².